The molecule has 2 rings (SSSR count). The van der Waals surface area contributed by atoms with Crippen LogP contribution in [0.5, 0.6) is 0 Å². The van der Waals surface area contributed by atoms with Crippen LogP contribution < -0.4 is 0 Å². The summed E-state index contributed by atoms with van der Waals surface area (Å²) in [5, 5.41) is 4.21. The molecule has 0 amide bonds. The van der Waals surface area contributed by atoms with Gasteiger partial charge in [0.05, 0.1) is 0 Å². The zero-order valence-corrected chi connectivity index (χ0v) is 12.4. The van der Waals surface area contributed by atoms with E-state index < -0.39 is 0 Å². The molecule has 0 aliphatic carbocycles. The third kappa shape index (κ3) is 3.55. The zero-order valence-electron chi connectivity index (χ0n) is 10.8. The van der Waals surface area contributed by atoms with Gasteiger partial charge in [-0.1, -0.05) is 22.9 Å². The van der Waals surface area contributed by atoms with Crippen molar-refractivity contribution in [3.63, 3.8) is 0 Å². The first-order valence-corrected chi connectivity index (χ1v) is 7.41. The molecular weight excluding hydrogens is 278 g/mol. The molecule has 1 aliphatic heterocycles. The van der Waals surface area contributed by atoms with Crippen LogP contribution in [0.3, 0.4) is 0 Å². The molecule has 1 saturated heterocycles. The van der Waals surface area contributed by atoms with E-state index in [2.05, 4.69) is 38.9 Å². The first-order valence-electron chi connectivity index (χ1n) is 6.50. The van der Waals surface area contributed by atoms with Gasteiger partial charge in [-0.15, -0.1) is 0 Å². The largest absolute Gasteiger partial charge is 0.303 e. The van der Waals surface area contributed by atoms with E-state index in [1.165, 1.54) is 38.2 Å². The van der Waals surface area contributed by atoms with Crippen LogP contribution in [0.25, 0.3) is 0 Å². The Hall–Kier alpha value is -0.350. The number of likely N-dealkylation sites (tertiary alicyclic amines) is 1. The number of nitrogens with zero attached hydrogens (tertiary/aromatic N) is 3. The van der Waals surface area contributed by atoms with Crippen LogP contribution in [0.4, 0.5) is 0 Å². The number of hydrogen-bond acceptors (Lipinski definition) is 2. The zero-order chi connectivity index (χ0) is 12.3. The van der Waals surface area contributed by atoms with E-state index >= 15 is 0 Å². The summed E-state index contributed by atoms with van der Waals surface area (Å²) < 4.78 is 1.98. The van der Waals surface area contributed by atoms with E-state index in [9.17, 15) is 0 Å². The molecule has 96 valence electrons. The highest BCUT2D eigenvalue weighted by Gasteiger charge is 2.22. The van der Waals surface area contributed by atoms with Crippen LogP contribution in [0, 0.1) is 5.92 Å². The SMILES string of the molecule is CC(Br)C1CCN(CCc2ccnn2C)CC1. The minimum atomic E-state index is 0.668. The summed E-state index contributed by atoms with van der Waals surface area (Å²) in [5.74, 6) is 0.864. The Morgan fingerprint density at radius 1 is 1.47 bits per heavy atom. The first kappa shape index (κ1) is 13.1. The van der Waals surface area contributed by atoms with Gasteiger partial charge >= 0.3 is 0 Å². The van der Waals surface area contributed by atoms with Crippen molar-refractivity contribution in [2.75, 3.05) is 19.6 Å². The number of hydrogen-bond donors (Lipinski definition) is 0. The summed E-state index contributed by atoms with van der Waals surface area (Å²) in [6, 6.07) is 2.12. The van der Waals surface area contributed by atoms with Crippen molar-refractivity contribution in [2.45, 2.75) is 31.0 Å². The van der Waals surface area contributed by atoms with Crippen molar-refractivity contribution in [3.8, 4) is 0 Å². The average molecular weight is 300 g/mol. The Kier molecular flexibility index (Phi) is 4.62. The number of piperidine rings is 1. The van der Waals surface area contributed by atoms with Gasteiger partial charge in [0, 0.05) is 36.7 Å². The van der Waals surface area contributed by atoms with Gasteiger partial charge in [-0.25, -0.2) is 0 Å². The third-order valence-corrected chi connectivity index (χ3v) is 4.64. The van der Waals surface area contributed by atoms with Gasteiger partial charge in [-0.05, 0) is 37.9 Å². The normalized spacial score (nSPS) is 20.6. The van der Waals surface area contributed by atoms with Crippen molar-refractivity contribution < 1.29 is 0 Å². The van der Waals surface area contributed by atoms with Gasteiger partial charge in [0.15, 0.2) is 0 Å². The highest BCUT2D eigenvalue weighted by Crippen LogP contribution is 2.24. The van der Waals surface area contributed by atoms with Crippen LogP contribution in [0.1, 0.15) is 25.5 Å². The predicted molar refractivity (Wildman–Crippen MR) is 74.5 cm³/mol. The number of rotatable bonds is 4. The van der Waals surface area contributed by atoms with Crippen molar-refractivity contribution in [2.24, 2.45) is 13.0 Å². The van der Waals surface area contributed by atoms with Crippen LogP contribution in [-0.4, -0.2) is 39.1 Å². The molecule has 0 aromatic carbocycles. The molecule has 1 fully saturated rings. The lowest BCUT2D eigenvalue weighted by Gasteiger charge is -2.33. The molecule has 2 heterocycles. The van der Waals surface area contributed by atoms with E-state index in [0.717, 1.165) is 12.3 Å². The summed E-state index contributed by atoms with van der Waals surface area (Å²) in [6.45, 7) is 5.94. The molecule has 0 N–H and O–H groups in total. The van der Waals surface area contributed by atoms with Crippen LogP contribution in [-0.2, 0) is 13.5 Å². The van der Waals surface area contributed by atoms with Gasteiger partial charge in [-0.2, -0.15) is 5.10 Å². The molecular formula is C13H22BrN3. The van der Waals surface area contributed by atoms with E-state index in [1.807, 2.05) is 17.9 Å². The molecule has 0 radical (unpaired) electrons. The summed E-state index contributed by atoms with van der Waals surface area (Å²) in [6.07, 6.45) is 5.66. The maximum absolute atomic E-state index is 4.21. The molecule has 0 saturated carbocycles. The number of aryl methyl sites for hydroxylation is 1. The minimum Gasteiger partial charge on any atom is -0.303 e. The van der Waals surface area contributed by atoms with E-state index in [4.69, 9.17) is 0 Å². The fourth-order valence-corrected chi connectivity index (χ4v) is 3.08. The molecule has 0 spiro atoms. The lowest BCUT2D eigenvalue weighted by atomic mass is 9.94. The first-order chi connectivity index (χ1) is 8.16. The monoisotopic (exact) mass is 299 g/mol. The Balaban J connectivity index is 1.74. The van der Waals surface area contributed by atoms with Gasteiger partial charge in [0.2, 0.25) is 0 Å². The lowest BCUT2D eigenvalue weighted by molar-refractivity contribution is 0.186. The van der Waals surface area contributed by atoms with E-state index in [1.54, 1.807) is 0 Å². The van der Waals surface area contributed by atoms with Crippen molar-refractivity contribution in [1.29, 1.82) is 0 Å². The molecule has 0 bridgehead atoms. The van der Waals surface area contributed by atoms with E-state index in [0.29, 0.717) is 4.83 Å². The Morgan fingerprint density at radius 2 is 2.18 bits per heavy atom. The van der Waals surface area contributed by atoms with Crippen LogP contribution in [0.2, 0.25) is 0 Å². The Labute approximate surface area is 112 Å². The van der Waals surface area contributed by atoms with Crippen molar-refractivity contribution in [1.82, 2.24) is 14.7 Å². The Morgan fingerprint density at radius 3 is 2.71 bits per heavy atom. The second-order valence-corrected chi connectivity index (χ2v) is 6.50. The molecule has 1 unspecified atom stereocenters. The van der Waals surface area contributed by atoms with Gasteiger partial charge in [0.1, 0.15) is 0 Å². The quantitative estimate of drug-likeness (QED) is 0.797. The average Bonchev–Trinajstić information content (AvgIpc) is 2.73. The molecule has 1 atom stereocenters. The molecule has 4 heteroatoms. The summed E-state index contributed by atoms with van der Waals surface area (Å²) in [5.41, 5.74) is 1.33. The van der Waals surface area contributed by atoms with Crippen LogP contribution >= 0.6 is 15.9 Å². The highest BCUT2D eigenvalue weighted by atomic mass is 79.9. The fraction of sp³-hybridized carbons (Fsp3) is 0.769. The maximum Gasteiger partial charge on any atom is 0.0492 e. The number of halogens is 1. The summed E-state index contributed by atoms with van der Waals surface area (Å²) in [7, 11) is 2.02. The van der Waals surface area contributed by atoms with Crippen molar-refractivity contribution in [3.05, 3.63) is 18.0 Å². The summed E-state index contributed by atoms with van der Waals surface area (Å²) in [4.78, 5) is 3.25. The molecule has 3 nitrogen and oxygen atoms in total. The second kappa shape index (κ2) is 6.01. The second-order valence-electron chi connectivity index (χ2n) is 5.05. The summed E-state index contributed by atoms with van der Waals surface area (Å²) >= 11 is 3.71. The minimum absolute atomic E-state index is 0.668. The smallest absolute Gasteiger partial charge is 0.0492 e. The van der Waals surface area contributed by atoms with Crippen LogP contribution in [0.15, 0.2) is 12.3 Å². The topological polar surface area (TPSA) is 21.1 Å². The fourth-order valence-electron chi connectivity index (χ4n) is 2.56. The third-order valence-electron chi connectivity index (χ3n) is 3.89. The molecule has 1 aromatic rings. The highest BCUT2D eigenvalue weighted by molar-refractivity contribution is 9.09. The lowest BCUT2D eigenvalue weighted by Crippen LogP contribution is -2.37. The predicted octanol–water partition coefficient (Wildman–Crippen LogP) is 2.46. The Bertz CT molecular complexity index is 340. The molecule has 1 aromatic heterocycles. The van der Waals surface area contributed by atoms with Crippen molar-refractivity contribution >= 4 is 15.9 Å². The van der Waals surface area contributed by atoms with Gasteiger partial charge in [-0.3, -0.25) is 4.68 Å². The molecule has 17 heavy (non-hydrogen) atoms. The van der Waals surface area contributed by atoms with Gasteiger partial charge < -0.3 is 4.90 Å². The number of aromatic nitrogens is 2. The standard InChI is InChI=1S/C13H22BrN3/c1-11(14)12-4-8-17(9-5-12)10-6-13-3-7-15-16(13)2/h3,7,11-12H,4-6,8-10H2,1-2H3. The van der Waals surface area contributed by atoms with E-state index in [-0.39, 0.29) is 0 Å². The number of alkyl halides is 1. The molecule has 1 aliphatic rings. The maximum atomic E-state index is 4.21. The van der Waals surface area contributed by atoms with Gasteiger partial charge in [0.25, 0.3) is 0 Å².